The molecular formula is C20H24BrN7O4S. The maximum absolute atomic E-state index is 12.0. The number of thioether (sulfide) groups is 1. The van der Waals surface area contributed by atoms with Gasteiger partial charge in [0.25, 0.3) is 0 Å². The molecule has 4 rings (SSSR count). The molecule has 11 nitrogen and oxygen atoms in total. The number of ether oxygens (including phenoxy) is 1. The third-order valence-corrected chi connectivity index (χ3v) is 7.04. The molecule has 3 aromatic rings. The van der Waals surface area contributed by atoms with Crippen LogP contribution < -0.4 is 16.4 Å². The van der Waals surface area contributed by atoms with Crippen molar-refractivity contribution in [1.82, 2.24) is 30.2 Å². The number of aliphatic hydroxyl groups excluding tert-OH is 2. The largest absolute Gasteiger partial charge is 0.387 e. The Labute approximate surface area is 202 Å². The van der Waals surface area contributed by atoms with Gasteiger partial charge in [-0.3, -0.25) is 4.57 Å². The van der Waals surface area contributed by atoms with Gasteiger partial charge in [0.1, 0.15) is 24.1 Å². The Kier molecular flexibility index (Phi) is 7.65. The molecule has 4 atom stereocenters. The van der Waals surface area contributed by atoms with Gasteiger partial charge in [-0.25, -0.2) is 19.7 Å². The fraction of sp³-hybridized carbons (Fsp3) is 0.400. The summed E-state index contributed by atoms with van der Waals surface area (Å²) in [5.74, 6) is 1.29. The summed E-state index contributed by atoms with van der Waals surface area (Å²) >= 11 is 4.95. The van der Waals surface area contributed by atoms with Crippen molar-refractivity contribution < 1.29 is 19.7 Å². The van der Waals surface area contributed by atoms with Crippen LogP contribution in [0.25, 0.3) is 11.2 Å². The minimum Gasteiger partial charge on any atom is -0.387 e. The smallest absolute Gasteiger partial charge is 0.315 e. The first-order chi connectivity index (χ1) is 16.0. The highest BCUT2D eigenvalue weighted by molar-refractivity contribution is 9.10. The quantitative estimate of drug-likeness (QED) is 0.264. The first-order valence-electron chi connectivity index (χ1n) is 10.2. The number of nitrogens with two attached hydrogens (primary N) is 1. The predicted molar refractivity (Wildman–Crippen MR) is 127 cm³/mol. The Balaban J connectivity index is 1.21. The Morgan fingerprint density at radius 2 is 2.03 bits per heavy atom. The van der Waals surface area contributed by atoms with E-state index in [9.17, 15) is 15.0 Å². The van der Waals surface area contributed by atoms with Crippen LogP contribution in [-0.4, -0.2) is 72.1 Å². The molecule has 0 spiro atoms. The summed E-state index contributed by atoms with van der Waals surface area (Å²) in [5, 5.41) is 26.5. The van der Waals surface area contributed by atoms with E-state index < -0.39 is 24.5 Å². The summed E-state index contributed by atoms with van der Waals surface area (Å²) in [5.41, 5.74) is 7.62. The van der Waals surface area contributed by atoms with Crippen molar-refractivity contribution in [2.24, 2.45) is 0 Å². The number of benzene rings is 1. The van der Waals surface area contributed by atoms with Gasteiger partial charge < -0.3 is 31.3 Å². The van der Waals surface area contributed by atoms with Gasteiger partial charge in [-0.2, -0.15) is 11.8 Å². The molecule has 1 aliphatic heterocycles. The van der Waals surface area contributed by atoms with Crippen LogP contribution in [-0.2, 0) is 11.3 Å². The highest BCUT2D eigenvalue weighted by atomic mass is 79.9. The molecule has 1 fully saturated rings. The molecule has 33 heavy (non-hydrogen) atoms. The third kappa shape index (κ3) is 5.38. The fourth-order valence-electron chi connectivity index (χ4n) is 3.47. The zero-order valence-electron chi connectivity index (χ0n) is 17.5. The molecule has 13 heteroatoms. The van der Waals surface area contributed by atoms with Crippen molar-refractivity contribution in [3.8, 4) is 0 Å². The molecule has 176 valence electrons. The summed E-state index contributed by atoms with van der Waals surface area (Å²) in [7, 11) is 0. The molecule has 3 heterocycles. The number of carbonyl (C=O) groups excluding carboxylic acids is 1. The van der Waals surface area contributed by atoms with Crippen molar-refractivity contribution in [2.75, 3.05) is 23.8 Å². The van der Waals surface area contributed by atoms with Crippen molar-refractivity contribution in [3.05, 3.63) is 47.0 Å². The number of hydrogen-bond donors (Lipinski definition) is 5. The molecule has 2 aromatic heterocycles. The van der Waals surface area contributed by atoms with Crippen LogP contribution in [0, 0.1) is 0 Å². The Hall–Kier alpha value is -2.45. The molecule has 2 amide bonds. The zero-order chi connectivity index (χ0) is 23.4. The molecule has 0 aliphatic carbocycles. The maximum atomic E-state index is 12.0. The van der Waals surface area contributed by atoms with E-state index >= 15 is 0 Å². The van der Waals surface area contributed by atoms with E-state index in [-0.39, 0.29) is 11.8 Å². The van der Waals surface area contributed by atoms with Crippen LogP contribution in [0.5, 0.6) is 0 Å². The van der Waals surface area contributed by atoms with Gasteiger partial charge in [0.05, 0.1) is 12.4 Å². The lowest BCUT2D eigenvalue weighted by Gasteiger charge is -2.16. The lowest BCUT2D eigenvalue weighted by atomic mass is 10.1. The highest BCUT2D eigenvalue weighted by Gasteiger charge is 2.44. The first-order valence-corrected chi connectivity index (χ1v) is 12.2. The second kappa shape index (κ2) is 10.7. The molecule has 0 bridgehead atoms. The van der Waals surface area contributed by atoms with Crippen LogP contribution >= 0.6 is 27.7 Å². The van der Waals surface area contributed by atoms with E-state index in [0.717, 1.165) is 10.0 Å². The second-order valence-electron chi connectivity index (χ2n) is 7.41. The van der Waals surface area contributed by atoms with Crippen LogP contribution in [0.15, 0.2) is 41.4 Å². The number of carbonyl (C=O) groups is 1. The number of amides is 2. The lowest BCUT2D eigenvalue weighted by Crippen LogP contribution is -2.36. The number of imidazole rings is 1. The molecule has 1 aromatic carbocycles. The van der Waals surface area contributed by atoms with Gasteiger partial charge in [-0.1, -0.05) is 34.1 Å². The average molecular weight is 538 g/mol. The van der Waals surface area contributed by atoms with E-state index in [2.05, 4.69) is 41.5 Å². The molecule has 1 saturated heterocycles. The molecule has 0 radical (unpaired) electrons. The standard InChI is InChI=1S/C20H24BrN7O4S/c21-12-4-2-1-3-11(12)7-24-20(31)23-5-6-33-8-13-15(29)16(30)19(32-13)28-10-27-14-17(22)25-9-26-18(14)28/h1-4,9-10,13,15-16,19,29-30H,5-8H2,(H2,22,25,26)(H2,23,24,31)/t13-,15-,16-,19-/m1/s1. The lowest BCUT2D eigenvalue weighted by molar-refractivity contribution is -0.0289. The average Bonchev–Trinajstić information content (AvgIpc) is 3.35. The SMILES string of the molecule is Nc1ncnc2c1ncn2[C@@H]1O[C@H](CSCCNC(=O)NCc2ccccc2Br)[C@@H](O)[C@H]1O. The highest BCUT2D eigenvalue weighted by Crippen LogP contribution is 2.33. The topological polar surface area (TPSA) is 160 Å². The van der Waals surface area contributed by atoms with Gasteiger partial charge in [-0.15, -0.1) is 0 Å². The number of urea groups is 1. The second-order valence-corrected chi connectivity index (χ2v) is 9.41. The van der Waals surface area contributed by atoms with Crippen molar-refractivity contribution in [3.63, 3.8) is 0 Å². The van der Waals surface area contributed by atoms with Crippen molar-refractivity contribution in [1.29, 1.82) is 0 Å². The van der Waals surface area contributed by atoms with Gasteiger partial charge in [-0.05, 0) is 11.6 Å². The number of aliphatic hydroxyl groups is 2. The summed E-state index contributed by atoms with van der Waals surface area (Å²) in [6, 6.07) is 7.43. The van der Waals surface area contributed by atoms with Crippen molar-refractivity contribution >= 4 is 50.7 Å². The van der Waals surface area contributed by atoms with E-state index in [1.54, 1.807) is 4.57 Å². The van der Waals surface area contributed by atoms with E-state index in [1.807, 2.05) is 24.3 Å². The minimum atomic E-state index is -1.15. The molecule has 0 unspecified atom stereocenters. The maximum Gasteiger partial charge on any atom is 0.315 e. The number of aromatic nitrogens is 4. The first kappa shape index (κ1) is 23.7. The number of anilines is 1. The monoisotopic (exact) mass is 537 g/mol. The number of nitrogens with zero attached hydrogens (tertiary/aromatic N) is 4. The predicted octanol–water partition coefficient (Wildman–Crippen LogP) is 1.02. The van der Waals surface area contributed by atoms with E-state index in [4.69, 9.17) is 10.5 Å². The van der Waals surface area contributed by atoms with Gasteiger partial charge in [0, 0.05) is 29.1 Å². The third-order valence-electron chi connectivity index (χ3n) is 5.21. The summed E-state index contributed by atoms with van der Waals surface area (Å²) in [6.45, 7) is 0.866. The zero-order valence-corrected chi connectivity index (χ0v) is 19.9. The summed E-state index contributed by atoms with van der Waals surface area (Å²) in [6.07, 6.45) is -0.877. The van der Waals surface area contributed by atoms with Crippen LogP contribution in [0.1, 0.15) is 11.8 Å². The minimum absolute atomic E-state index is 0.229. The fourth-order valence-corrected chi connectivity index (χ4v) is 4.81. The molecular weight excluding hydrogens is 514 g/mol. The number of nitrogen functional groups attached to an aromatic ring is 1. The van der Waals surface area contributed by atoms with Crippen LogP contribution in [0.3, 0.4) is 0 Å². The number of fused-ring (bicyclic) bond motifs is 1. The molecule has 0 saturated carbocycles. The van der Waals surface area contributed by atoms with Crippen molar-refractivity contribution in [2.45, 2.75) is 31.1 Å². The van der Waals surface area contributed by atoms with Gasteiger partial charge in [0.15, 0.2) is 17.7 Å². The number of halogens is 1. The van der Waals surface area contributed by atoms with E-state index in [1.165, 1.54) is 24.4 Å². The number of hydrogen-bond acceptors (Lipinski definition) is 9. The van der Waals surface area contributed by atoms with Gasteiger partial charge >= 0.3 is 6.03 Å². The Morgan fingerprint density at radius 1 is 1.21 bits per heavy atom. The Morgan fingerprint density at radius 3 is 2.85 bits per heavy atom. The van der Waals surface area contributed by atoms with E-state index in [0.29, 0.717) is 35.8 Å². The Bertz CT molecular complexity index is 1120. The summed E-state index contributed by atoms with van der Waals surface area (Å²) < 4.78 is 8.39. The van der Waals surface area contributed by atoms with Crippen LogP contribution in [0.2, 0.25) is 0 Å². The van der Waals surface area contributed by atoms with Gasteiger partial charge in [0.2, 0.25) is 0 Å². The summed E-state index contributed by atoms with van der Waals surface area (Å²) in [4.78, 5) is 24.2. The molecule has 1 aliphatic rings. The molecule has 6 N–H and O–H groups in total. The normalized spacial score (nSPS) is 22.5. The number of nitrogens with one attached hydrogen (secondary N) is 2. The number of rotatable bonds is 8. The van der Waals surface area contributed by atoms with Crippen LogP contribution in [0.4, 0.5) is 10.6 Å².